The van der Waals surface area contributed by atoms with Gasteiger partial charge in [0.2, 0.25) is 0 Å². The molecule has 0 aliphatic carbocycles. The highest BCUT2D eigenvalue weighted by atomic mass is 16.6. The van der Waals surface area contributed by atoms with Crippen LogP contribution in [0, 0.1) is 5.92 Å². The Balaban J connectivity index is 2.50. The maximum Gasteiger partial charge on any atom is 0.407 e. The van der Waals surface area contributed by atoms with E-state index in [1.807, 2.05) is 0 Å². The van der Waals surface area contributed by atoms with Crippen LogP contribution in [0.4, 0.5) is 4.79 Å². The number of alkyl carbamates (subject to hydrolysis) is 1. The zero-order valence-electron chi connectivity index (χ0n) is 14.3. The summed E-state index contributed by atoms with van der Waals surface area (Å²) >= 11 is 0. The molecular formula is C18H23NO6. The SMILES string of the molecule is C/C=C/[C@@H](OC(=O)c1ccccc1)[C@H](C)COC(=O)NCCC(=O)O. The largest absolute Gasteiger partial charge is 0.481 e. The van der Waals surface area contributed by atoms with E-state index in [4.69, 9.17) is 14.6 Å². The number of rotatable bonds is 9. The number of carboxylic acids is 1. The smallest absolute Gasteiger partial charge is 0.407 e. The fraction of sp³-hybridized carbons (Fsp3) is 0.389. The highest BCUT2D eigenvalue weighted by Crippen LogP contribution is 2.13. The Morgan fingerprint density at radius 1 is 1.24 bits per heavy atom. The number of carboxylic acid groups (broad SMARTS) is 1. The highest BCUT2D eigenvalue weighted by molar-refractivity contribution is 5.89. The average molecular weight is 349 g/mol. The van der Waals surface area contributed by atoms with Gasteiger partial charge in [-0.2, -0.15) is 0 Å². The van der Waals surface area contributed by atoms with Crippen molar-refractivity contribution in [2.75, 3.05) is 13.2 Å². The predicted octanol–water partition coefficient (Wildman–Crippen LogP) is 2.63. The number of carbonyl (C=O) groups is 3. The maximum atomic E-state index is 12.1. The van der Waals surface area contributed by atoms with E-state index in [1.54, 1.807) is 56.3 Å². The van der Waals surface area contributed by atoms with E-state index < -0.39 is 24.1 Å². The van der Waals surface area contributed by atoms with Crippen molar-refractivity contribution >= 4 is 18.0 Å². The lowest BCUT2D eigenvalue weighted by Crippen LogP contribution is -2.32. The quantitative estimate of drug-likeness (QED) is 0.525. The number of ether oxygens (including phenoxy) is 2. The normalized spacial score (nSPS) is 13.0. The monoisotopic (exact) mass is 349 g/mol. The zero-order valence-corrected chi connectivity index (χ0v) is 14.3. The third-order valence-electron chi connectivity index (χ3n) is 3.28. The summed E-state index contributed by atoms with van der Waals surface area (Å²) in [4.78, 5) is 34.0. The van der Waals surface area contributed by atoms with Crippen LogP contribution in [-0.4, -0.2) is 42.4 Å². The van der Waals surface area contributed by atoms with E-state index in [-0.39, 0.29) is 25.5 Å². The number of aliphatic carboxylic acids is 1. The van der Waals surface area contributed by atoms with Gasteiger partial charge in [0.05, 0.1) is 18.6 Å². The van der Waals surface area contributed by atoms with Crippen molar-refractivity contribution in [3.8, 4) is 0 Å². The lowest BCUT2D eigenvalue weighted by molar-refractivity contribution is -0.136. The van der Waals surface area contributed by atoms with E-state index in [0.29, 0.717) is 5.56 Å². The molecule has 0 aliphatic rings. The molecule has 0 aliphatic heterocycles. The molecular weight excluding hydrogens is 326 g/mol. The van der Waals surface area contributed by atoms with Crippen molar-refractivity contribution in [2.45, 2.75) is 26.4 Å². The van der Waals surface area contributed by atoms with E-state index >= 15 is 0 Å². The molecule has 0 aromatic heterocycles. The van der Waals surface area contributed by atoms with Gasteiger partial charge in [0.25, 0.3) is 0 Å². The summed E-state index contributed by atoms with van der Waals surface area (Å²) in [6.45, 7) is 3.60. The third-order valence-corrected chi connectivity index (χ3v) is 3.28. The minimum atomic E-state index is -1.00. The van der Waals surface area contributed by atoms with E-state index in [2.05, 4.69) is 5.32 Å². The fourth-order valence-corrected chi connectivity index (χ4v) is 1.93. The second-order valence-electron chi connectivity index (χ2n) is 5.41. The number of esters is 1. The number of hydrogen-bond acceptors (Lipinski definition) is 5. The molecule has 2 atom stereocenters. The summed E-state index contributed by atoms with van der Waals surface area (Å²) in [5.41, 5.74) is 0.441. The summed E-state index contributed by atoms with van der Waals surface area (Å²) in [6.07, 6.45) is 2.04. The Hall–Kier alpha value is -2.83. The Morgan fingerprint density at radius 3 is 2.52 bits per heavy atom. The van der Waals surface area contributed by atoms with Gasteiger partial charge in [-0.3, -0.25) is 4.79 Å². The molecule has 7 nitrogen and oxygen atoms in total. The van der Waals surface area contributed by atoms with Crippen molar-refractivity contribution in [1.82, 2.24) is 5.32 Å². The number of amides is 1. The number of carbonyl (C=O) groups excluding carboxylic acids is 2. The first-order valence-corrected chi connectivity index (χ1v) is 7.95. The van der Waals surface area contributed by atoms with Gasteiger partial charge in [-0.25, -0.2) is 9.59 Å². The minimum Gasteiger partial charge on any atom is -0.481 e. The molecule has 7 heteroatoms. The molecule has 0 heterocycles. The van der Waals surface area contributed by atoms with Gasteiger partial charge in [0, 0.05) is 12.5 Å². The van der Waals surface area contributed by atoms with Crippen LogP contribution in [0.1, 0.15) is 30.6 Å². The van der Waals surface area contributed by atoms with Crippen LogP contribution < -0.4 is 5.32 Å². The molecule has 1 rings (SSSR count). The van der Waals surface area contributed by atoms with Crippen molar-refractivity contribution in [2.24, 2.45) is 5.92 Å². The molecule has 136 valence electrons. The van der Waals surface area contributed by atoms with Crippen LogP contribution in [0.2, 0.25) is 0 Å². The fourth-order valence-electron chi connectivity index (χ4n) is 1.93. The summed E-state index contributed by atoms with van der Waals surface area (Å²) < 4.78 is 10.5. The summed E-state index contributed by atoms with van der Waals surface area (Å²) in [7, 11) is 0. The molecule has 0 fully saturated rings. The first-order chi connectivity index (χ1) is 11.9. The van der Waals surface area contributed by atoms with Crippen LogP contribution in [0.5, 0.6) is 0 Å². The molecule has 0 radical (unpaired) electrons. The van der Waals surface area contributed by atoms with Crippen LogP contribution in [-0.2, 0) is 14.3 Å². The lowest BCUT2D eigenvalue weighted by atomic mass is 10.1. The number of nitrogens with one attached hydrogen (secondary N) is 1. The minimum absolute atomic E-state index is 0.0101. The van der Waals surface area contributed by atoms with Crippen molar-refractivity contribution in [3.63, 3.8) is 0 Å². The number of hydrogen-bond donors (Lipinski definition) is 2. The third kappa shape index (κ3) is 8.01. The standard InChI is InChI=1S/C18H23NO6/c1-3-7-15(25-17(22)14-8-5-4-6-9-14)13(2)12-24-18(23)19-11-10-16(20)21/h3-9,13,15H,10-12H2,1-2H3,(H,19,23)(H,20,21)/b7-3+/t13-,15-/m1/s1. The number of allylic oxidation sites excluding steroid dienone is 1. The summed E-state index contributed by atoms with van der Waals surface area (Å²) in [5, 5.41) is 10.8. The Bertz CT molecular complexity index is 599. The van der Waals surface area contributed by atoms with Crippen molar-refractivity contribution < 1.29 is 29.0 Å². The molecule has 0 unspecified atom stereocenters. The van der Waals surface area contributed by atoms with E-state index in [1.165, 1.54) is 0 Å². The molecule has 0 bridgehead atoms. The average Bonchev–Trinajstić information content (AvgIpc) is 2.59. The maximum absolute atomic E-state index is 12.1. The molecule has 0 saturated heterocycles. The van der Waals surface area contributed by atoms with Crippen molar-refractivity contribution in [1.29, 1.82) is 0 Å². The molecule has 1 amide bonds. The lowest BCUT2D eigenvalue weighted by Gasteiger charge is -2.21. The predicted molar refractivity (Wildman–Crippen MR) is 91.2 cm³/mol. The Morgan fingerprint density at radius 2 is 1.92 bits per heavy atom. The van der Waals surface area contributed by atoms with Gasteiger partial charge < -0.3 is 19.9 Å². The summed E-state index contributed by atoms with van der Waals surface area (Å²) in [5.74, 6) is -1.73. The highest BCUT2D eigenvalue weighted by Gasteiger charge is 2.21. The zero-order chi connectivity index (χ0) is 18.7. The molecule has 1 aromatic rings. The second kappa shape index (κ2) is 10.9. The molecule has 0 spiro atoms. The molecule has 1 aromatic carbocycles. The second-order valence-corrected chi connectivity index (χ2v) is 5.41. The van der Waals surface area contributed by atoms with Crippen LogP contribution in [0.25, 0.3) is 0 Å². The number of benzene rings is 1. The Labute approximate surface area is 146 Å². The first kappa shape index (κ1) is 20.2. The van der Waals surface area contributed by atoms with Gasteiger partial charge in [-0.05, 0) is 25.1 Å². The van der Waals surface area contributed by atoms with Crippen LogP contribution >= 0.6 is 0 Å². The van der Waals surface area contributed by atoms with Gasteiger partial charge in [-0.1, -0.05) is 31.2 Å². The van der Waals surface area contributed by atoms with Crippen molar-refractivity contribution in [3.05, 3.63) is 48.0 Å². The summed E-state index contributed by atoms with van der Waals surface area (Å²) in [6, 6.07) is 8.61. The topological polar surface area (TPSA) is 102 Å². The molecule has 25 heavy (non-hydrogen) atoms. The first-order valence-electron chi connectivity index (χ1n) is 7.95. The van der Waals surface area contributed by atoms with Gasteiger partial charge in [0.1, 0.15) is 6.10 Å². The van der Waals surface area contributed by atoms with E-state index in [9.17, 15) is 14.4 Å². The molecule has 2 N–H and O–H groups in total. The van der Waals surface area contributed by atoms with E-state index in [0.717, 1.165) is 0 Å². The van der Waals surface area contributed by atoms with Gasteiger partial charge in [0.15, 0.2) is 0 Å². The van der Waals surface area contributed by atoms with Gasteiger partial charge >= 0.3 is 18.0 Å². The Kier molecular flexibility index (Phi) is 8.78. The van der Waals surface area contributed by atoms with Gasteiger partial charge in [-0.15, -0.1) is 0 Å². The van der Waals surface area contributed by atoms with Crippen LogP contribution in [0.3, 0.4) is 0 Å². The molecule has 0 saturated carbocycles. The van der Waals surface area contributed by atoms with Crippen LogP contribution in [0.15, 0.2) is 42.5 Å².